The second-order valence-electron chi connectivity index (χ2n) is 4.94. The summed E-state index contributed by atoms with van der Waals surface area (Å²) in [7, 11) is 0. The van der Waals surface area contributed by atoms with E-state index in [4.69, 9.17) is 9.68 Å². The highest BCUT2D eigenvalue weighted by Gasteiger charge is 2.34. The van der Waals surface area contributed by atoms with Gasteiger partial charge in [0.05, 0.1) is 23.3 Å². The minimum atomic E-state index is -0.216. The van der Waals surface area contributed by atoms with Gasteiger partial charge in [-0.25, -0.2) is 0 Å². The molecule has 3 rings (SSSR count). The molecule has 0 N–H and O–H groups in total. The number of carbonyl (C=O) groups excluding carboxylic acids is 1. The van der Waals surface area contributed by atoms with Crippen LogP contribution >= 0.6 is 15.9 Å². The molecule has 1 saturated carbocycles. The third-order valence-corrected chi connectivity index (χ3v) is 3.69. The van der Waals surface area contributed by atoms with Crippen molar-refractivity contribution in [2.24, 2.45) is 0 Å². The number of hydrogen-bond acceptors (Lipinski definition) is 4. The van der Waals surface area contributed by atoms with Crippen molar-refractivity contribution in [2.75, 3.05) is 6.54 Å². The predicted octanol–water partition coefficient (Wildman–Crippen LogP) is 2.42. The fourth-order valence-electron chi connectivity index (χ4n) is 2.13. The smallest absolute Gasteiger partial charge is 0.290 e. The van der Waals surface area contributed by atoms with Gasteiger partial charge in [0.1, 0.15) is 12.3 Å². The van der Waals surface area contributed by atoms with Gasteiger partial charge in [-0.1, -0.05) is 0 Å². The Morgan fingerprint density at radius 3 is 3.00 bits per heavy atom. The summed E-state index contributed by atoms with van der Waals surface area (Å²) in [5.74, 6) is 0.715. The van der Waals surface area contributed by atoms with E-state index in [0.29, 0.717) is 12.3 Å². The molecule has 1 aliphatic rings. The molecular weight excluding hydrogens is 336 g/mol. The molecule has 0 bridgehead atoms. The van der Waals surface area contributed by atoms with Crippen molar-refractivity contribution in [2.45, 2.75) is 25.4 Å². The van der Waals surface area contributed by atoms with Gasteiger partial charge in [-0.2, -0.15) is 10.4 Å². The maximum atomic E-state index is 12.3. The maximum Gasteiger partial charge on any atom is 0.290 e. The predicted molar refractivity (Wildman–Crippen MR) is 77.4 cm³/mol. The van der Waals surface area contributed by atoms with Crippen LogP contribution in [0.25, 0.3) is 0 Å². The SMILES string of the molecule is N#CCN(C(=O)c1ccc(Cn2cc(Br)cn2)o1)C1CC1. The van der Waals surface area contributed by atoms with Gasteiger partial charge >= 0.3 is 0 Å². The lowest BCUT2D eigenvalue weighted by Gasteiger charge is -2.17. The van der Waals surface area contributed by atoms with Crippen LogP contribution in [0, 0.1) is 11.3 Å². The van der Waals surface area contributed by atoms with E-state index in [1.165, 1.54) is 0 Å². The molecular formula is C14H13BrN4O2. The normalized spacial score (nSPS) is 13.9. The quantitative estimate of drug-likeness (QED) is 0.777. The lowest BCUT2D eigenvalue weighted by molar-refractivity contribution is 0.0730. The zero-order valence-electron chi connectivity index (χ0n) is 11.2. The highest BCUT2D eigenvalue weighted by atomic mass is 79.9. The summed E-state index contributed by atoms with van der Waals surface area (Å²) < 4.78 is 8.19. The molecule has 2 aromatic rings. The van der Waals surface area contributed by atoms with Crippen LogP contribution in [-0.2, 0) is 6.54 Å². The summed E-state index contributed by atoms with van der Waals surface area (Å²) in [5.41, 5.74) is 0. The molecule has 108 valence electrons. The average Bonchev–Trinajstić information content (AvgIpc) is 3.06. The summed E-state index contributed by atoms with van der Waals surface area (Å²) >= 11 is 3.33. The molecule has 1 amide bonds. The molecule has 6 nitrogen and oxygen atoms in total. The van der Waals surface area contributed by atoms with Gasteiger partial charge in [0.2, 0.25) is 0 Å². The van der Waals surface area contributed by atoms with Crippen molar-refractivity contribution >= 4 is 21.8 Å². The van der Waals surface area contributed by atoms with Gasteiger partial charge in [-0.05, 0) is 40.9 Å². The average molecular weight is 349 g/mol. The Kier molecular flexibility index (Phi) is 3.80. The van der Waals surface area contributed by atoms with Crippen molar-refractivity contribution in [1.82, 2.24) is 14.7 Å². The summed E-state index contributed by atoms with van der Waals surface area (Å²) in [6.07, 6.45) is 5.44. The van der Waals surface area contributed by atoms with Gasteiger partial charge in [0, 0.05) is 12.2 Å². The Balaban J connectivity index is 1.71. The molecule has 0 aromatic carbocycles. The summed E-state index contributed by atoms with van der Waals surface area (Å²) in [6.45, 7) is 0.562. The first kappa shape index (κ1) is 13.9. The van der Waals surface area contributed by atoms with Crippen LogP contribution in [0.3, 0.4) is 0 Å². The van der Waals surface area contributed by atoms with Gasteiger partial charge in [0.15, 0.2) is 5.76 Å². The molecule has 0 saturated heterocycles. The number of carbonyl (C=O) groups is 1. The third kappa shape index (κ3) is 3.16. The Bertz CT molecular complexity index is 696. The highest BCUT2D eigenvalue weighted by molar-refractivity contribution is 9.10. The molecule has 0 atom stereocenters. The van der Waals surface area contributed by atoms with E-state index in [0.717, 1.165) is 17.3 Å². The molecule has 2 aromatic heterocycles. The Morgan fingerprint density at radius 2 is 2.38 bits per heavy atom. The summed E-state index contributed by atoms with van der Waals surface area (Å²) in [4.78, 5) is 13.9. The van der Waals surface area contributed by atoms with Gasteiger partial charge < -0.3 is 9.32 Å². The molecule has 0 radical (unpaired) electrons. The van der Waals surface area contributed by atoms with E-state index in [-0.39, 0.29) is 24.3 Å². The van der Waals surface area contributed by atoms with E-state index in [1.54, 1.807) is 27.9 Å². The van der Waals surface area contributed by atoms with Crippen LogP contribution in [0.4, 0.5) is 0 Å². The van der Waals surface area contributed by atoms with Crippen molar-refractivity contribution in [3.05, 3.63) is 40.5 Å². The first-order chi connectivity index (χ1) is 10.2. The Morgan fingerprint density at radius 1 is 1.57 bits per heavy atom. The standard InChI is InChI=1S/C14H13BrN4O2/c15-10-7-17-18(8-10)9-12-3-4-13(21-12)14(20)19(6-5-16)11-1-2-11/h3-4,7-8,11H,1-2,6,9H2. The molecule has 1 aliphatic carbocycles. The van der Waals surface area contributed by atoms with E-state index < -0.39 is 0 Å². The van der Waals surface area contributed by atoms with Gasteiger partial charge in [-0.15, -0.1) is 0 Å². The first-order valence-electron chi connectivity index (χ1n) is 6.62. The van der Waals surface area contributed by atoms with Gasteiger partial charge in [-0.3, -0.25) is 9.48 Å². The van der Waals surface area contributed by atoms with Gasteiger partial charge in [0.25, 0.3) is 5.91 Å². The van der Waals surface area contributed by atoms with Crippen LogP contribution in [0.1, 0.15) is 29.2 Å². The van der Waals surface area contributed by atoms with E-state index in [2.05, 4.69) is 21.0 Å². The van der Waals surface area contributed by atoms with Crippen LogP contribution in [0.2, 0.25) is 0 Å². The lowest BCUT2D eigenvalue weighted by atomic mass is 10.3. The lowest BCUT2D eigenvalue weighted by Crippen LogP contribution is -2.33. The number of hydrogen-bond donors (Lipinski definition) is 0. The number of halogens is 1. The number of aromatic nitrogens is 2. The number of nitriles is 1. The van der Waals surface area contributed by atoms with E-state index in [9.17, 15) is 4.79 Å². The monoisotopic (exact) mass is 348 g/mol. The summed E-state index contributed by atoms with van der Waals surface area (Å²) in [6, 6.07) is 5.64. The van der Waals surface area contributed by atoms with Crippen molar-refractivity contribution in [3.63, 3.8) is 0 Å². The van der Waals surface area contributed by atoms with E-state index in [1.807, 2.05) is 12.3 Å². The number of rotatable bonds is 5. The molecule has 0 unspecified atom stereocenters. The minimum Gasteiger partial charge on any atom is -0.454 e. The number of furan rings is 1. The van der Waals surface area contributed by atoms with Crippen LogP contribution < -0.4 is 0 Å². The summed E-state index contributed by atoms with van der Waals surface area (Å²) in [5, 5.41) is 13.0. The highest BCUT2D eigenvalue weighted by Crippen LogP contribution is 2.28. The zero-order valence-corrected chi connectivity index (χ0v) is 12.8. The minimum absolute atomic E-state index is 0.103. The fourth-order valence-corrected chi connectivity index (χ4v) is 2.46. The fraction of sp³-hybridized carbons (Fsp3) is 0.357. The van der Waals surface area contributed by atoms with Crippen molar-refractivity contribution < 1.29 is 9.21 Å². The molecule has 1 fully saturated rings. The second-order valence-corrected chi connectivity index (χ2v) is 5.86. The maximum absolute atomic E-state index is 12.3. The molecule has 2 heterocycles. The van der Waals surface area contributed by atoms with E-state index >= 15 is 0 Å². The van der Waals surface area contributed by atoms with Crippen LogP contribution in [0.5, 0.6) is 0 Å². The van der Waals surface area contributed by atoms with Crippen molar-refractivity contribution in [1.29, 1.82) is 5.26 Å². The third-order valence-electron chi connectivity index (χ3n) is 3.28. The number of nitrogens with zero attached hydrogens (tertiary/aromatic N) is 4. The first-order valence-corrected chi connectivity index (χ1v) is 7.41. The molecule has 0 spiro atoms. The second kappa shape index (κ2) is 5.74. The van der Waals surface area contributed by atoms with Crippen LogP contribution in [0.15, 0.2) is 33.4 Å². The molecule has 7 heteroatoms. The topological polar surface area (TPSA) is 75.1 Å². The largest absolute Gasteiger partial charge is 0.454 e. The van der Waals surface area contributed by atoms with Crippen LogP contribution in [-0.4, -0.2) is 33.2 Å². The Hall–Kier alpha value is -2.07. The van der Waals surface area contributed by atoms with Crippen molar-refractivity contribution in [3.8, 4) is 6.07 Å². The molecule has 0 aliphatic heterocycles. The zero-order chi connectivity index (χ0) is 14.8. The Labute approximate surface area is 130 Å². The molecule has 21 heavy (non-hydrogen) atoms. The number of amides is 1.